The molecule has 0 spiro atoms. The first kappa shape index (κ1) is 27.9. The van der Waals surface area contributed by atoms with Crippen molar-refractivity contribution in [2.75, 3.05) is 0 Å². The van der Waals surface area contributed by atoms with Crippen LogP contribution in [0.2, 0.25) is 0 Å². The number of rotatable bonds is 19. The summed E-state index contributed by atoms with van der Waals surface area (Å²) in [4.78, 5) is 0. The molecule has 34 heavy (non-hydrogen) atoms. The second kappa shape index (κ2) is 17.1. The van der Waals surface area contributed by atoms with Gasteiger partial charge in [0.25, 0.3) is 0 Å². The summed E-state index contributed by atoms with van der Waals surface area (Å²) in [5, 5.41) is 38.0. The molecule has 0 saturated heterocycles. The van der Waals surface area contributed by atoms with Crippen LogP contribution in [-0.4, -0.2) is 20.4 Å². The molecule has 0 aliphatic carbocycles. The SMILES string of the molecule is Oc1cc(O)cc(CCCCCCCCCCCCCCCCCCc2cc(O)cc(O)c2)c1. The second-order valence-corrected chi connectivity index (χ2v) is 9.87. The maximum absolute atomic E-state index is 9.51. The lowest BCUT2D eigenvalue weighted by atomic mass is 10.0. The molecule has 0 heterocycles. The highest BCUT2D eigenvalue weighted by molar-refractivity contribution is 5.37. The van der Waals surface area contributed by atoms with E-state index in [0.717, 1.165) is 36.8 Å². The van der Waals surface area contributed by atoms with Gasteiger partial charge >= 0.3 is 0 Å². The van der Waals surface area contributed by atoms with Crippen molar-refractivity contribution in [2.45, 2.75) is 116 Å². The van der Waals surface area contributed by atoms with Crippen molar-refractivity contribution in [3.05, 3.63) is 47.5 Å². The smallest absolute Gasteiger partial charge is 0.119 e. The molecular weight excluding hydrogens is 424 g/mol. The van der Waals surface area contributed by atoms with Crippen molar-refractivity contribution in [1.82, 2.24) is 0 Å². The number of hydrogen-bond acceptors (Lipinski definition) is 4. The molecule has 2 aromatic rings. The van der Waals surface area contributed by atoms with Crippen LogP contribution < -0.4 is 0 Å². The molecule has 4 heteroatoms. The Hall–Kier alpha value is -2.36. The third kappa shape index (κ3) is 13.4. The standard InChI is InChI=1S/C30H46O4/c31-27-19-25(20-28(32)23-27)17-15-13-11-9-7-5-3-1-2-4-6-8-10-12-14-16-18-26-21-29(33)24-30(34)22-26/h19-24,31-34H,1-18H2. The largest absolute Gasteiger partial charge is 0.508 e. The van der Waals surface area contributed by atoms with Gasteiger partial charge < -0.3 is 20.4 Å². The Morgan fingerprint density at radius 2 is 0.500 bits per heavy atom. The number of phenols is 4. The average Bonchev–Trinajstić information content (AvgIpc) is 2.77. The van der Waals surface area contributed by atoms with E-state index in [1.165, 1.54) is 102 Å². The summed E-state index contributed by atoms with van der Waals surface area (Å²) >= 11 is 0. The molecule has 0 unspecified atom stereocenters. The fraction of sp³-hybridized carbons (Fsp3) is 0.600. The molecule has 0 bridgehead atoms. The van der Waals surface area contributed by atoms with E-state index in [9.17, 15) is 20.4 Å². The Balaban J connectivity index is 1.28. The molecule has 2 rings (SSSR count). The Morgan fingerprint density at radius 1 is 0.294 bits per heavy atom. The fourth-order valence-corrected chi connectivity index (χ4v) is 4.73. The Kier molecular flexibility index (Phi) is 14.0. The van der Waals surface area contributed by atoms with E-state index in [1.807, 2.05) is 0 Å². The van der Waals surface area contributed by atoms with Gasteiger partial charge in [-0.05, 0) is 61.1 Å². The number of aromatic hydroxyl groups is 4. The maximum Gasteiger partial charge on any atom is 0.119 e. The van der Waals surface area contributed by atoms with Crippen molar-refractivity contribution in [1.29, 1.82) is 0 Å². The summed E-state index contributed by atoms with van der Waals surface area (Å²) in [5.41, 5.74) is 2.04. The average molecular weight is 471 g/mol. The summed E-state index contributed by atoms with van der Waals surface area (Å²) in [6.45, 7) is 0. The van der Waals surface area contributed by atoms with Crippen LogP contribution in [0.5, 0.6) is 23.0 Å². The lowest BCUT2D eigenvalue weighted by Gasteiger charge is -2.05. The van der Waals surface area contributed by atoms with Crippen molar-refractivity contribution >= 4 is 0 Å². The molecule has 0 aromatic heterocycles. The minimum absolute atomic E-state index is 0.149. The van der Waals surface area contributed by atoms with Gasteiger partial charge in [-0.1, -0.05) is 89.9 Å². The minimum atomic E-state index is 0.149. The van der Waals surface area contributed by atoms with Gasteiger partial charge in [-0.2, -0.15) is 0 Å². The molecule has 0 aliphatic rings. The molecule has 4 nitrogen and oxygen atoms in total. The Morgan fingerprint density at radius 3 is 0.735 bits per heavy atom. The predicted molar refractivity (Wildman–Crippen MR) is 141 cm³/mol. The molecule has 4 N–H and O–H groups in total. The molecule has 0 fully saturated rings. The van der Waals surface area contributed by atoms with Crippen LogP contribution in [-0.2, 0) is 12.8 Å². The number of phenolic OH excluding ortho intramolecular Hbond substituents is 4. The Bertz CT molecular complexity index is 694. The zero-order valence-corrected chi connectivity index (χ0v) is 21.0. The highest BCUT2D eigenvalue weighted by Gasteiger charge is 2.01. The third-order valence-electron chi connectivity index (χ3n) is 6.61. The molecule has 0 atom stereocenters. The predicted octanol–water partition coefficient (Wildman–Crippen LogP) is 8.54. The van der Waals surface area contributed by atoms with E-state index in [0.29, 0.717) is 0 Å². The monoisotopic (exact) mass is 470 g/mol. The zero-order chi connectivity index (χ0) is 24.4. The summed E-state index contributed by atoms with van der Waals surface area (Å²) < 4.78 is 0. The van der Waals surface area contributed by atoms with E-state index in [2.05, 4.69) is 0 Å². The number of benzene rings is 2. The summed E-state index contributed by atoms with van der Waals surface area (Å²) in [7, 11) is 0. The van der Waals surface area contributed by atoms with E-state index in [-0.39, 0.29) is 23.0 Å². The van der Waals surface area contributed by atoms with Crippen molar-refractivity contribution in [2.24, 2.45) is 0 Å². The van der Waals surface area contributed by atoms with Crippen LogP contribution in [0, 0.1) is 0 Å². The first-order valence-electron chi connectivity index (χ1n) is 13.6. The van der Waals surface area contributed by atoms with Gasteiger partial charge in [0.1, 0.15) is 23.0 Å². The maximum atomic E-state index is 9.51. The van der Waals surface area contributed by atoms with Crippen molar-refractivity contribution in [3.63, 3.8) is 0 Å². The van der Waals surface area contributed by atoms with Gasteiger partial charge in [-0.25, -0.2) is 0 Å². The van der Waals surface area contributed by atoms with Crippen molar-refractivity contribution < 1.29 is 20.4 Å². The lowest BCUT2D eigenvalue weighted by Crippen LogP contribution is -1.87. The van der Waals surface area contributed by atoms with E-state index in [4.69, 9.17) is 0 Å². The highest BCUT2D eigenvalue weighted by atomic mass is 16.3. The molecule has 0 aliphatic heterocycles. The molecule has 190 valence electrons. The fourth-order valence-electron chi connectivity index (χ4n) is 4.73. The molecule has 0 saturated carbocycles. The quantitative estimate of drug-likeness (QED) is 0.155. The van der Waals surface area contributed by atoms with Crippen LogP contribution >= 0.6 is 0 Å². The minimum Gasteiger partial charge on any atom is -0.508 e. The molecular formula is C30H46O4. The normalized spacial score (nSPS) is 11.2. The van der Waals surface area contributed by atoms with Crippen molar-refractivity contribution in [3.8, 4) is 23.0 Å². The van der Waals surface area contributed by atoms with E-state index in [1.54, 1.807) is 24.3 Å². The van der Waals surface area contributed by atoms with Gasteiger partial charge in [-0.15, -0.1) is 0 Å². The topological polar surface area (TPSA) is 80.9 Å². The van der Waals surface area contributed by atoms with Gasteiger partial charge in [0.05, 0.1) is 0 Å². The van der Waals surface area contributed by atoms with Crippen LogP contribution in [0.25, 0.3) is 0 Å². The summed E-state index contributed by atoms with van der Waals surface area (Å²) in [6.07, 6.45) is 22.6. The number of hydrogen-bond donors (Lipinski definition) is 4. The van der Waals surface area contributed by atoms with Gasteiger partial charge in [0, 0.05) is 12.1 Å². The zero-order valence-electron chi connectivity index (χ0n) is 21.0. The van der Waals surface area contributed by atoms with E-state index < -0.39 is 0 Å². The Labute approximate surface area is 206 Å². The van der Waals surface area contributed by atoms with Crippen LogP contribution in [0.15, 0.2) is 36.4 Å². The first-order chi connectivity index (χ1) is 16.5. The first-order valence-corrected chi connectivity index (χ1v) is 13.6. The third-order valence-corrected chi connectivity index (χ3v) is 6.61. The number of aryl methyl sites for hydroxylation is 2. The number of unbranched alkanes of at least 4 members (excludes halogenated alkanes) is 15. The molecule has 2 aromatic carbocycles. The van der Waals surface area contributed by atoms with Crippen LogP contribution in [0.1, 0.15) is 114 Å². The summed E-state index contributed by atoms with van der Waals surface area (Å²) in [6, 6.07) is 9.73. The molecule has 0 radical (unpaired) electrons. The van der Waals surface area contributed by atoms with Gasteiger partial charge in [0.15, 0.2) is 0 Å². The summed E-state index contributed by atoms with van der Waals surface area (Å²) in [5.74, 6) is 0.596. The van der Waals surface area contributed by atoms with E-state index >= 15 is 0 Å². The highest BCUT2D eigenvalue weighted by Crippen LogP contribution is 2.23. The molecule has 0 amide bonds. The lowest BCUT2D eigenvalue weighted by molar-refractivity contribution is 0.447. The van der Waals surface area contributed by atoms with Crippen LogP contribution in [0.4, 0.5) is 0 Å². The van der Waals surface area contributed by atoms with Crippen LogP contribution in [0.3, 0.4) is 0 Å². The second-order valence-electron chi connectivity index (χ2n) is 9.87. The van der Waals surface area contributed by atoms with Gasteiger partial charge in [-0.3, -0.25) is 0 Å². The van der Waals surface area contributed by atoms with Gasteiger partial charge in [0.2, 0.25) is 0 Å².